The van der Waals surface area contributed by atoms with Gasteiger partial charge in [-0.25, -0.2) is 9.78 Å². The SMILES string of the molecule is CCC(O)N(C)C.O=C(O)c1cnc[nH]1. The fraction of sp³-hybridized carbons (Fsp3) is 0.556. The number of aromatic carboxylic acids is 1. The van der Waals surface area contributed by atoms with Gasteiger partial charge in [0.25, 0.3) is 0 Å². The van der Waals surface area contributed by atoms with E-state index in [9.17, 15) is 4.79 Å². The number of rotatable bonds is 3. The molecule has 1 rings (SSSR count). The monoisotopic (exact) mass is 215 g/mol. The highest BCUT2D eigenvalue weighted by Gasteiger charge is 1.99. The first kappa shape index (κ1) is 13.6. The van der Waals surface area contributed by atoms with Gasteiger partial charge in [0.2, 0.25) is 0 Å². The molecule has 0 spiro atoms. The smallest absolute Gasteiger partial charge is 0.353 e. The minimum Gasteiger partial charge on any atom is -0.477 e. The van der Waals surface area contributed by atoms with Crippen LogP contribution in [0.1, 0.15) is 23.8 Å². The number of imidazole rings is 1. The van der Waals surface area contributed by atoms with E-state index in [0.29, 0.717) is 0 Å². The summed E-state index contributed by atoms with van der Waals surface area (Å²) in [4.78, 5) is 17.7. The summed E-state index contributed by atoms with van der Waals surface area (Å²) in [6.07, 6.45) is 3.11. The highest BCUT2D eigenvalue weighted by Crippen LogP contribution is 1.90. The van der Waals surface area contributed by atoms with Crippen LogP contribution in [0.2, 0.25) is 0 Å². The quantitative estimate of drug-likeness (QED) is 0.634. The lowest BCUT2D eigenvalue weighted by Crippen LogP contribution is -2.26. The number of hydrogen-bond donors (Lipinski definition) is 3. The van der Waals surface area contributed by atoms with E-state index in [4.69, 9.17) is 10.2 Å². The first-order chi connectivity index (χ1) is 6.99. The summed E-state index contributed by atoms with van der Waals surface area (Å²) < 4.78 is 0. The third kappa shape index (κ3) is 5.82. The lowest BCUT2D eigenvalue weighted by molar-refractivity contribution is 0.0377. The van der Waals surface area contributed by atoms with Crippen molar-refractivity contribution < 1.29 is 15.0 Å². The number of carboxylic acid groups (broad SMARTS) is 1. The highest BCUT2D eigenvalue weighted by atomic mass is 16.4. The summed E-state index contributed by atoms with van der Waals surface area (Å²) in [6, 6.07) is 0. The van der Waals surface area contributed by atoms with Crippen molar-refractivity contribution in [1.82, 2.24) is 14.9 Å². The Kier molecular flexibility index (Phi) is 6.32. The Morgan fingerprint density at radius 1 is 1.67 bits per heavy atom. The second-order valence-corrected chi connectivity index (χ2v) is 3.12. The Morgan fingerprint density at radius 3 is 2.40 bits per heavy atom. The van der Waals surface area contributed by atoms with Crippen molar-refractivity contribution >= 4 is 5.97 Å². The number of hydrogen-bond acceptors (Lipinski definition) is 4. The van der Waals surface area contributed by atoms with Crippen molar-refractivity contribution in [3.63, 3.8) is 0 Å². The van der Waals surface area contributed by atoms with E-state index in [1.54, 1.807) is 4.90 Å². The molecule has 1 heterocycles. The summed E-state index contributed by atoms with van der Waals surface area (Å²) in [5.74, 6) is -0.984. The molecule has 1 unspecified atom stereocenters. The van der Waals surface area contributed by atoms with Crippen LogP contribution < -0.4 is 0 Å². The molecule has 0 aromatic carbocycles. The zero-order chi connectivity index (χ0) is 11.8. The number of aromatic amines is 1. The first-order valence-electron chi connectivity index (χ1n) is 4.55. The highest BCUT2D eigenvalue weighted by molar-refractivity contribution is 5.84. The third-order valence-corrected chi connectivity index (χ3v) is 1.69. The predicted molar refractivity (Wildman–Crippen MR) is 55.5 cm³/mol. The van der Waals surface area contributed by atoms with Gasteiger partial charge >= 0.3 is 5.97 Å². The minimum absolute atomic E-state index is 0.116. The van der Waals surface area contributed by atoms with Gasteiger partial charge in [-0.2, -0.15) is 0 Å². The molecule has 0 aliphatic heterocycles. The number of nitrogens with one attached hydrogen (secondary N) is 1. The molecule has 0 fully saturated rings. The van der Waals surface area contributed by atoms with Gasteiger partial charge in [-0.1, -0.05) is 6.92 Å². The zero-order valence-electron chi connectivity index (χ0n) is 9.14. The minimum atomic E-state index is -0.984. The number of nitrogens with zero attached hydrogens (tertiary/aromatic N) is 2. The van der Waals surface area contributed by atoms with Crippen molar-refractivity contribution in [1.29, 1.82) is 0 Å². The molecular formula is C9H17N3O3. The van der Waals surface area contributed by atoms with E-state index >= 15 is 0 Å². The largest absolute Gasteiger partial charge is 0.477 e. The molecule has 15 heavy (non-hydrogen) atoms. The van der Waals surface area contributed by atoms with Crippen LogP contribution in [0.5, 0.6) is 0 Å². The first-order valence-corrected chi connectivity index (χ1v) is 4.55. The molecular weight excluding hydrogens is 198 g/mol. The zero-order valence-corrected chi connectivity index (χ0v) is 9.14. The van der Waals surface area contributed by atoms with Gasteiger partial charge in [0.1, 0.15) is 11.9 Å². The second-order valence-electron chi connectivity index (χ2n) is 3.12. The normalized spacial score (nSPS) is 11.8. The van der Waals surface area contributed by atoms with Crippen molar-refractivity contribution in [2.45, 2.75) is 19.6 Å². The maximum absolute atomic E-state index is 9.99. The molecule has 86 valence electrons. The molecule has 0 aliphatic carbocycles. The molecule has 0 radical (unpaired) electrons. The molecule has 0 amide bonds. The Hall–Kier alpha value is -1.40. The van der Waals surface area contributed by atoms with Gasteiger partial charge in [0.05, 0.1) is 12.5 Å². The lowest BCUT2D eigenvalue weighted by Gasteiger charge is -2.15. The predicted octanol–water partition coefficient (Wildman–Crippen LogP) is 0.384. The number of carboxylic acids is 1. The molecule has 1 atom stereocenters. The van der Waals surface area contributed by atoms with E-state index in [1.807, 2.05) is 21.0 Å². The Labute approximate surface area is 88.6 Å². The van der Waals surface area contributed by atoms with Gasteiger partial charge in [-0.15, -0.1) is 0 Å². The van der Waals surface area contributed by atoms with E-state index < -0.39 is 5.97 Å². The summed E-state index contributed by atoms with van der Waals surface area (Å²) >= 11 is 0. The average molecular weight is 215 g/mol. The molecule has 6 heteroatoms. The molecule has 0 bridgehead atoms. The van der Waals surface area contributed by atoms with Crippen LogP contribution >= 0.6 is 0 Å². The van der Waals surface area contributed by atoms with Gasteiger partial charge < -0.3 is 15.2 Å². The molecule has 0 saturated heterocycles. The molecule has 6 nitrogen and oxygen atoms in total. The van der Waals surface area contributed by atoms with Crippen molar-refractivity contribution in [2.75, 3.05) is 14.1 Å². The lowest BCUT2D eigenvalue weighted by atomic mass is 10.4. The van der Waals surface area contributed by atoms with Crippen molar-refractivity contribution in [3.8, 4) is 0 Å². The topological polar surface area (TPSA) is 89.4 Å². The standard InChI is InChI=1S/C5H13NO.C4H4N2O2/c1-4-5(7)6(2)3;7-4(8)3-1-5-2-6-3/h5,7H,4H2,1-3H3;1-2H,(H,5,6)(H,7,8). The van der Waals surface area contributed by atoms with Crippen LogP contribution in [0.15, 0.2) is 12.5 Å². The summed E-state index contributed by atoms with van der Waals surface area (Å²) in [5, 5.41) is 17.1. The fourth-order valence-electron chi connectivity index (χ4n) is 0.738. The van der Waals surface area contributed by atoms with Crippen molar-refractivity contribution in [2.24, 2.45) is 0 Å². The molecule has 0 saturated carbocycles. The Bertz CT molecular complexity index is 272. The number of H-pyrrole nitrogens is 1. The number of carbonyl (C=O) groups is 1. The number of aliphatic hydroxyl groups excluding tert-OH is 1. The molecule has 3 N–H and O–H groups in total. The Morgan fingerprint density at radius 2 is 2.27 bits per heavy atom. The van der Waals surface area contributed by atoms with Crippen LogP contribution in [0, 0.1) is 0 Å². The third-order valence-electron chi connectivity index (χ3n) is 1.69. The fourth-order valence-corrected chi connectivity index (χ4v) is 0.738. The van der Waals surface area contributed by atoms with E-state index in [0.717, 1.165) is 6.42 Å². The number of aromatic nitrogens is 2. The van der Waals surface area contributed by atoms with Crippen molar-refractivity contribution in [3.05, 3.63) is 18.2 Å². The van der Waals surface area contributed by atoms with Crippen LogP contribution in [0.3, 0.4) is 0 Å². The Balaban J connectivity index is 0.000000265. The summed E-state index contributed by atoms with van der Waals surface area (Å²) in [7, 11) is 3.71. The van der Waals surface area contributed by atoms with Crippen LogP contribution in [-0.2, 0) is 0 Å². The van der Waals surface area contributed by atoms with Gasteiger partial charge in [-0.3, -0.25) is 4.90 Å². The van der Waals surface area contributed by atoms with E-state index in [1.165, 1.54) is 12.5 Å². The van der Waals surface area contributed by atoms with Crippen LogP contribution in [0.25, 0.3) is 0 Å². The van der Waals surface area contributed by atoms with E-state index in [2.05, 4.69) is 9.97 Å². The summed E-state index contributed by atoms with van der Waals surface area (Å²) in [5.41, 5.74) is 0.116. The average Bonchev–Trinajstić information content (AvgIpc) is 2.70. The van der Waals surface area contributed by atoms with Gasteiger partial charge in [0, 0.05) is 0 Å². The van der Waals surface area contributed by atoms with Crippen LogP contribution in [0.4, 0.5) is 0 Å². The van der Waals surface area contributed by atoms with E-state index in [-0.39, 0.29) is 11.9 Å². The maximum atomic E-state index is 9.99. The van der Waals surface area contributed by atoms with Gasteiger partial charge in [-0.05, 0) is 20.5 Å². The van der Waals surface area contributed by atoms with Crippen LogP contribution in [-0.4, -0.2) is 51.4 Å². The number of aliphatic hydroxyl groups is 1. The second kappa shape index (κ2) is 6.97. The molecule has 0 aliphatic rings. The summed E-state index contributed by atoms with van der Waals surface area (Å²) in [6.45, 7) is 1.95. The maximum Gasteiger partial charge on any atom is 0.353 e. The van der Waals surface area contributed by atoms with Gasteiger partial charge in [0.15, 0.2) is 0 Å². The molecule has 1 aromatic heterocycles. The molecule has 1 aromatic rings.